The van der Waals surface area contributed by atoms with Gasteiger partial charge in [0.2, 0.25) is 5.91 Å². The molecule has 10 N–H and O–H groups in total. The van der Waals surface area contributed by atoms with E-state index in [2.05, 4.69) is 49.1 Å². The quantitative estimate of drug-likeness (QED) is 0.120. The molecule has 15 heteroatoms. The second-order valence-electron chi connectivity index (χ2n) is 21.5. The Kier molecular flexibility index (Phi) is 11.3. The van der Waals surface area contributed by atoms with Crippen molar-refractivity contribution in [3.8, 4) is 0 Å². The van der Waals surface area contributed by atoms with Crippen LogP contribution in [0.2, 0.25) is 0 Å². The summed E-state index contributed by atoms with van der Waals surface area (Å²) in [4.78, 5) is 34.2. The number of carbonyl (C=O) groups excluding carboxylic acids is 1. The van der Waals surface area contributed by atoms with Crippen LogP contribution in [-0.2, 0) is 25.5 Å². The zero-order valence-electron chi connectivity index (χ0n) is 35.8. The lowest BCUT2D eigenvalue weighted by atomic mass is 9.31. The Hall–Kier alpha value is -2.47. The molecule has 60 heavy (non-hydrogen) atoms. The van der Waals surface area contributed by atoms with Gasteiger partial charge in [0.25, 0.3) is 0 Å². The summed E-state index contributed by atoms with van der Waals surface area (Å²) >= 11 is 0. The third kappa shape index (κ3) is 6.25. The van der Waals surface area contributed by atoms with Crippen LogP contribution in [0.25, 0.3) is 0 Å². The number of ether oxygens (including phenoxy) is 2. The number of nitrogens with one attached hydrogen (secondary N) is 2. The van der Waals surface area contributed by atoms with Crippen LogP contribution in [-0.4, -0.2) is 132 Å². The summed E-state index contributed by atoms with van der Waals surface area (Å²) in [5.74, 6) is -3.36. The van der Waals surface area contributed by atoms with Crippen LogP contribution in [0.3, 0.4) is 0 Å². The first-order valence-corrected chi connectivity index (χ1v) is 22.3. The number of carbonyl (C=O) groups is 2. The predicted octanol–water partition coefficient (Wildman–Crippen LogP) is 1.92. The molecule has 0 radical (unpaired) electrons. The fourth-order valence-corrected chi connectivity index (χ4v) is 15.1. The lowest BCUT2D eigenvalue weighted by Crippen LogP contribution is -2.72. The summed E-state index contributed by atoms with van der Waals surface area (Å²) in [6.45, 7) is 9.77. The van der Waals surface area contributed by atoms with E-state index in [0.717, 1.165) is 12.1 Å². The van der Waals surface area contributed by atoms with Gasteiger partial charge in [-0.1, -0.05) is 46.3 Å². The number of nitrogens with zero attached hydrogens (tertiary/aromatic N) is 1. The molecule has 7 aliphatic rings. The van der Waals surface area contributed by atoms with Gasteiger partial charge >= 0.3 is 5.97 Å². The molecule has 336 valence electrons. The number of aliphatic hydroxyl groups excluding tert-OH is 7. The highest BCUT2D eigenvalue weighted by atomic mass is 16.7. The number of rotatable bonds is 10. The second kappa shape index (κ2) is 15.4. The van der Waals surface area contributed by atoms with Crippen molar-refractivity contribution in [2.24, 2.45) is 68.0 Å². The van der Waals surface area contributed by atoms with E-state index in [4.69, 9.17) is 9.47 Å². The van der Waals surface area contributed by atoms with Crippen LogP contribution in [0.4, 0.5) is 0 Å². The Morgan fingerprint density at radius 1 is 0.950 bits per heavy atom. The van der Waals surface area contributed by atoms with Gasteiger partial charge in [0, 0.05) is 36.4 Å². The van der Waals surface area contributed by atoms with Gasteiger partial charge in [0.1, 0.15) is 18.3 Å². The predicted molar refractivity (Wildman–Crippen MR) is 215 cm³/mol. The highest BCUT2D eigenvalue weighted by molar-refractivity contribution is 5.82. The van der Waals surface area contributed by atoms with E-state index < -0.39 is 93.6 Å². The van der Waals surface area contributed by atoms with Crippen molar-refractivity contribution in [1.29, 1.82) is 0 Å². The van der Waals surface area contributed by atoms with E-state index in [-0.39, 0.29) is 55.5 Å². The van der Waals surface area contributed by atoms with Crippen molar-refractivity contribution < 1.29 is 59.9 Å². The van der Waals surface area contributed by atoms with Crippen LogP contribution < -0.4 is 5.32 Å². The number of H-pyrrole nitrogens is 1. The first kappa shape index (κ1) is 44.1. The third-order valence-electron chi connectivity index (χ3n) is 18.9. The molecule has 3 heterocycles. The van der Waals surface area contributed by atoms with Crippen LogP contribution in [0.5, 0.6) is 0 Å². The van der Waals surface area contributed by atoms with E-state index in [9.17, 15) is 50.4 Å². The molecule has 2 aliphatic heterocycles. The Morgan fingerprint density at radius 2 is 1.68 bits per heavy atom. The van der Waals surface area contributed by atoms with Gasteiger partial charge in [-0.3, -0.25) is 9.59 Å². The van der Waals surface area contributed by atoms with Crippen LogP contribution in [0, 0.1) is 68.0 Å². The second-order valence-corrected chi connectivity index (χ2v) is 21.5. The minimum atomic E-state index is -1.63. The molecule has 5 aliphatic carbocycles. The first-order chi connectivity index (χ1) is 28.3. The van der Waals surface area contributed by atoms with E-state index in [1.165, 1.54) is 5.57 Å². The van der Waals surface area contributed by atoms with Gasteiger partial charge in [-0.25, -0.2) is 4.98 Å². The number of aliphatic carboxylic acids is 1. The van der Waals surface area contributed by atoms with Crippen molar-refractivity contribution >= 4 is 11.9 Å². The molecular formula is C45H69N3O12. The zero-order valence-corrected chi connectivity index (χ0v) is 35.8. The first-order valence-electron chi connectivity index (χ1n) is 22.3. The number of aliphatic hydroxyl groups is 7. The minimum Gasteiger partial charge on any atom is -0.481 e. The molecule has 15 nitrogen and oxygen atoms in total. The SMILES string of the molecule is CC1(CO)CCC2(C(=O)O)CCC3(C)C(=CCC4C5(C)C(CC6C(Cc7cnc[nH]7)NC(=O)C6CO)C(O)C(OC6OCC(O)C(O)C6O)C(C)(CO)C5CCC43C)C2C1. The van der Waals surface area contributed by atoms with Crippen molar-refractivity contribution in [3.63, 3.8) is 0 Å². The summed E-state index contributed by atoms with van der Waals surface area (Å²) in [7, 11) is 0. The average molecular weight is 844 g/mol. The highest BCUT2D eigenvalue weighted by Gasteiger charge is 2.73. The van der Waals surface area contributed by atoms with Crippen molar-refractivity contribution in [1.82, 2.24) is 15.3 Å². The molecule has 1 aromatic rings. The lowest BCUT2D eigenvalue weighted by Gasteiger charge is -2.73. The maximum Gasteiger partial charge on any atom is 0.310 e. The largest absolute Gasteiger partial charge is 0.481 e. The summed E-state index contributed by atoms with van der Waals surface area (Å²) in [6, 6.07) is -0.394. The molecule has 2 saturated heterocycles. The summed E-state index contributed by atoms with van der Waals surface area (Å²) in [5.41, 5.74) is -1.93. The molecule has 4 saturated carbocycles. The third-order valence-corrected chi connectivity index (χ3v) is 18.9. The number of imidazole rings is 1. The smallest absolute Gasteiger partial charge is 0.310 e. The molecule has 19 atom stereocenters. The monoisotopic (exact) mass is 843 g/mol. The van der Waals surface area contributed by atoms with Gasteiger partial charge in [0.15, 0.2) is 6.29 Å². The molecule has 0 aromatic carbocycles. The number of allylic oxidation sites excluding steroid dienone is 2. The van der Waals surface area contributed by atoms with Gasteiger partial charge < -0.3 is 60.6 Å². The van der Waals surface area contributed by atoms with Crippen LogP contribution in [0.1, 0.15) is 98.1 Å². The minimum absolute atomic E-state index is 0.0113. The van der Waals surface area contributed by atoms with Gasteiger partial charge in [-0.2, -0.15) is 0 Å². The zero-order chi connectivity index (χ0) is 43.4. The van der Waals surface area contributed by atoms with E-state index in [1.54, 1.807) is 12.5 Å². The molecule has 6 fully saturated rings. The van der Waals surface area contributed by atoms with Crippen molar-refractivity contribution in [3.05, 3.63) is 29.9 Å². The van der Waals surface area contributed by atoms with Gasteiger partial charge in [-0.15, -0.1) is 0 Å². The number of amides is 1. The summed E-state index contributed by atoms with van der Waals surface area (Å²) in [6.07, 6.45) is 2.95. The molecule has 0 spiro atoms. The van der Waals surface area contributed by atoms with Crippen molar-refractivity contribution in [2.45, 2.75) is 142 Å². The summed E-state index contributed by atoms with van der Waals surface area (Å²) in [5, 5.41) is 92.0. The van der Waals surface area contributed by atoms with Gasteiger partial charge in [0.05, 0.1) is 49.7 Å². The van der Waals surface area contributed by atoms with Crippen LogP contribution >= 0.6 is 0 Å². The van der Waals surface area contributed by atoms with Gasteiger partial charge in [-0.05, 0) is 109 Å². The Balaban J connectivity index is 1.24. The summed E-state index contributed by atoms with van der Waals surface area (Å²) < 4.78 is 12.3. The number of aromatic nitrogens is 2. The number of hydrogen-bond donors (Lipinski definition) is 10. The maximum absolute atomic E-state index is 13.6. The van der Waals surface area contributed by atoms with Crippen LogP contribution in [0.15, 0.2) is 24.2 Å². The van der Waals surface area contributed by atoms with E-state index in [0.29, 0.717) is 57.8 Å². The number of fused-ring (bicyclic) bond motifs is 7. The normalized spacial score (nSPS) is 51.4. The van der Waals surface area contributed by atoms with E-state index >= 15 is 0 Å². The molecule has 8 rings (SSSR count). The fraction of sp³-hybridized carbons (Fsp3) is 0.844. The molecule has 1 aromatic heterocycles. The highest BCUT2D eigenvalue weighted by Crippen LogP contribution is 2.77. The molecular weight excluding hydrogens is 775 g/mol. The number of hydrogen-bond acceptors (Lipinski definition) is 12. The Labute approximate surface area is 352 Å². The lowest BCUT2D eigenvalue weighted by molar-refractivity contribution is -0.340. The number of carboxylic acids is 1. The fourth-order valence-electron chi connectivity index (χ4n) is 15.1. The Bertz CT molecular complexity index is 1810. The van der Waals surface area contributed by atoms with Crippen molar-refractivity contribution in [2.75, 3.05) is 26.4 Å². The topological polar surface area (TPSA) is 255 Å². The standard InChI is InChI=1S/C45H69N3O12/c1-40(20-50)10-12-45(39(57)58)13-11-42(3)26(28(45)16-40)6-7-32-43(42,4)9-8-31-41(2,21-51)36(60-38-35(55)34(54)30(52)19-59-38)33(53)27(44(31,32)5)15-24-25(18-49)37(56)48-29(24)14-23-17-46-22-47-23/h6,17,22,24-25,27-36,38,49-55H,7-16,18-21H2,1-5H3,(H,46,47)(H,48,56)(H,57,58). The maximum atomic E-state index is 13.6. The number of carboxylic acid groups (broad SMARTS) is 1. The van der Waals surface area contributed by atoms with E-state index in [1.807, 2.05) is 6.92 Å². The molecule has 1 amide bonds. The Morgan fingerprint density at radius 3 is 2.33 bits per heavy atom. The average Bonchev–Trinajstić information content (AvgIpc) is 3.84. The number of aromatic amines is 1. The molecule has 0 bridgehead atoms. The molecule has 19 unspecified atom stereocenters.